The van der Waals surface area contributed by atoms with E-state index in [-0.39, 0.29) is 12.6 Å². The molecule has 8 nitrogen and oxygen atoms in total. The lowest BCUT2D eigenvalue weighted by atomic mass is 9.89. The average Bonchev–Trinajstić information content (AvgIpc) is 2.70. The molecule has 1 amide bonds. The quantitative estimate of drug-likeness (QED) is 0.700. The molecular formula is C22H28N2O6S. The van der Waals surface area contributed by atoms with Crippen LogP contribution in [0.4, 0.5) is 5.69 Å². The summed E-state index contributed by atoms with van der Waals surface area (Å²) in [6, 6.07) is 11.7. The molecule has 0 saturated heterocycles. The molecule has 0 radical (unpaired) electrons. The van der Waals surface area contributed by atoms with E-state index in [4.69, 9.17) is 14.2 Å². The van der Waals surface area contributed by atoms with E-state index in [1.165, 1.54) is 7.11 Å². The molecule has 1 heterocycles. The van der Waals surface area contributed by atoms with E-state index in [0.29, 0.717) is 29.4 Å². The first-order chi connectivity index (χ1) is 14.5. The predicted octanol–water partition coefficient (Wildman–Crippen LogP) is 2.89. The highest BCUT2D eigenvalue weighted by Crippen LogP contribution is 2.41. The third kappa shape index (κ3) is 5.41. The van der Waals surface area contributed by atoms with Gasteiger partial charge in [0.15, 0.2) is 0 Å². The van der Waals surface area contributed by atoms with Crippen LogP contribution in [0, 0.1) is 0 Å². The van der Waals surface area contributed by atoms with Crippen molar-refractivity contribution in [3.05, 3.63) is 48.0 Å². The number of benzene rings is 2. The monoisotopic (exact) mass is 448 g/mol. The Morgan fingerprint density at radius 1 is 1.16 bits per heavy atom. The highest BCUT2D eigenvalue weighted by molar-refractivity contribution is 7.92. The van der Waals surface area contributed by atoms with Gasteiger partial charge in [0, 0.05) is 18.1 Å². The first-order valence-corrected chi connectivity index (χ1v) is 11.7. The summed E-state index contributed by atoms with van der Waals surface area (Å²) in [6.07, 6.45) is 1.59. The number of hydrogen-bond acceptors (Lipinski definition) is 6. The minimum Gasteiger partial charge on any atom is -0.497 e. The number of sulfonamides is 1. The lowest BCUT2D eigenvalue weighted by molar-refractivity contribution is -0.120. The molecule has 31 heavy (non-hydrogen) atoms. The number of methoxy groups -OCH3 is 2. The van der Waals surface area contributed by atoms with Gasteiger partial charge in [0.2, 0.25) is 15.9 Å². The first kappa shape index (κ1) is 22.7. The summed E-state index contributed by atoms with van der Waals surface area (Å²) in [5, 5.41) is 2.97. The Hall–Kier alpha value is -2.94. The second-order valence-electron chi connectivity index (χ2n) is 8.06. The fraction of sp³-hybridized carbons (Fsp3) is 0.409. The van der Waals surface area contributed by atoms with E-state index in [1.54, 1.807) is 37.4 Å². The summed E-state index contributed by atoms with van der Waals surface area (Å²) in [7, 11) is -0.635. The van der Waals surface area contributed by atoms with Crippen molar-refractivity contribution >= 4 is 21.6 Å². The van der Waals surface area contributed by atoms with E-state index < -0.39 is 21.5 Å². The van der Waals surface area contributed by atoms with Gasteiger partial charge < -0.3 is 19.5 Å². The predicted molar refractivity (Wildman–Crippen MR) is 118 cm³/mol. The van der Waals surface area contributed by atoms with Gasteiger partial charge in [0.1, 0.15) is 29.4 Å². The molecule has 0 fully saturated rings. The smallest absolute Gasteiger partial charge is 0.241 e. The minimum atomic E-state index is -3.70. The van der Waals surface area contributed by atoms with Crippen molar-refractivity contribution in [1.82, 2.24) is 5.32 Å². The zero-order chi connectivity index (χ0) is 22.8. The van der Waals surface area contributed by atoms with Crippen LogP contribution < -0.4 is 23.8 Å². The maximum Gasteiger partial charge on any atom is 0.241 e. The third-order valence-corrected chi connectivity index (χ3v) is 6.18. The molecule has 0 aliphatic carbocycles. The van der Waals surface area contributed by atoms with Gasteiger partial charge in [-0.3, -0.25) is 9.10 Å². The average molecular weight is 449 g/mol. The minimum absolute atomic E-state index is 0.353. The van der Waals surface area contributed by atoms with E-state index in [1.807, 2.05) is 26.0 Å². The number of carbonyl (C=O) groups excluding carboxylic acids is 1. The van der Waals surface area contributed by atoms with Crippen LogP contribution in [-0.2, 0) is 14.8 Å². The Balaban J connectivity index is 1.86. The molecule has 1 atom stereocenters. The molecule has 3 rings (SSSR count). The molecule has 1 unspecified atom stereocenters. The summed E-state index contributed by atoms with van der Waals surface area (Å²) in [6.45, 7) is 3.53. The van der Waals surface area contributed by atoms with Crippen molar-refractivity contribution in [2.45, 2.75) is 31.9 Å². The molecular weight excluding hydrogens is 420 g/mol. The SMILES string of the molecule is COc1cccc(N(CC(=O)NC2CC(C)(C)Oc3ccc(OC)cc32)S(C)(=O)=O)c1. The fourth-order valence-electron chi connectivity index (χ4n) is 3.62. The maximum atomic E-state index is 13.0. The zero-order valence-corrected chi connectivity index (χ0v) is 19.2. The first-order valence-electron chi connectivity index (χ1n) is 9.80. The standard InChI is InChI=1S/C22H28N2O6S/c1-22(2)13-19(18-12-17(29-4)9-10-20(18)30-22)23-21(25)14-24(31(5,26)27)15-7-6-8-16(11-15)28-3/h6-12,19H,13-14H2,1-5H3,(H,23,25). The zero-order valence-electron chi connectivity index (χ0n) is 18.3. The summed E-state index contributed by atoms with van der Waals surface area (Å²) >= 11 is 0. The van der Waals surface area contributed by atoms with Crippen LogP contribution in [-0.4, -0.2) is 46.9 Å². The van der Waals surface area contributed by atoms with Crippen molar-refractivity contribution in [3.8, 4) is 17.2 Å². The second kappa shape index (κ2) is 8.66. The normalized spacial score (nSPS) is 17.1. The molecule has 168 valence electrons. The molecule has 1 aliphatic rings. The number of rotatable bonds is 7. The lowest BCUT2D eigenvalue weighted by Crippen LogP contribution is -2.45. The van der Waals surface area contributed by atoms with Crippen LogP contribution in [0.1, 0.15) is 31.9 Å². The number of anilines is 1. The van der Waals surface area contributed by atoms with E-state index in [2.05, 4.69) is 5.32 Å². The Morgan fingerprint density at radius 2 is 1.84 bits per heavy atom. The summed E-state index contributed by atoms with van der Waals surface area (Å²) in [5.41, 5.74) is 0.647. The number of fused-ring (bicyclic) bond motifs is 1. The van der Waals surface area contributed by atoms with Gasteiger partial charge in [-0.2, -0.15) is 0 Å². The Morgan fingerprint density at radius 3 is 2.48 bits per heavy atom. The topological polar surface area (TPSA) is 94.2 Å². The van der Waals surface area contributed by atoms with Crippen LogP contribution in [0.2, 0.25) is 0 Å². The van der Waals surface area contributed by atoms with Gasteiger partial charge in [-0.1, -0.05) is 6.07 Å². The molecule has 1 aliphatic heterocycles. The van der Waals surface area contributed by atoms with Crippen LogP contribution in [0.3, 0.4) is 0 Å². The van der Waals surface area contributed by atoms with Gasteiger partial charge in [-0.25, -0.2) is 8.42 Å². The lowest BCUT2D eigenvalue weighted by Gasteiger charge is -2.38. The maximum absolute atomic E-state index is 13.0. The van der Waals surface area contributed by atoms with Crippen LogP contribution >= 0.6 is 0 Å². The van der Waals surface area contributed by atoms with Crippen LogP contribution in [0.15, 0.2) is 42.5 Å². The Bertz CT molecular complexity index is 1070. The Labute approximate surface area is 183 Å². The van der Waals surface area contributed by atoms with Gasteiger partial charge in [0.05, 0.1) is 32.2 Å². The molecule has 0 spiro atoms. The van der Waals surface area contributed by atoms with E-state index >= 15 is 0 Å². The van der Waals surface area contributed by atoms with Crippen molar-refractivity contribution in [2.24, 2.45) is 0 Å². The molecule has 0 aromatic heterocycles. The highest BCUT2D eigenvalue weighted by Gasteiger charge is 2.35. The van der Waals surface area contributed by atoms with Crippen LogP contribution in [0.25, 0.3) is 0 Å². The number of carbonyl (C=O) groups is 1. The number of amides is 1. The van der Waals surface area contributed by atoms with Crippen molar-refractivity contribution in [1.29, 1.82) is 0 Å². The number of hydrogen-bond donors (Lipinski definition) is 1. The summed E-state index contributed by atoms with van der Waals surface area (Å²) in [5.74, 6) is 1.38. The van der Waals surface area contributed by atoms with Gasteiger partial charge in [-0.05, 0) is 44.2 Å². The molecule has 9 heteroatoms. The van der Waals surface area contributed by atoms with Gasteiger partial charge >= 0.3 is 0 Å². The molecule has 2 aromatic rings. The summed E-state index contributed by atoms with van der Waals surface area (Å²) < 4.78 is 42.4. The Kier molecular flexibility index (Phi) is 6.35. The number of nitrogens with one attached hydrogen (secondary N) is 1. The molecule has 0 bridgehead atoms. The van der Waals surface area contributed by atoms with E-state index in [9.17, 15) is 13.2 Å². The highest BCUT2D eigenvalue weighted by atomic mass is 32.2. The van der Waals surface area contributed by atoms with Gasteiger partial charge in [-0.15, -0.1) is 0 Å². The number of ether oxygens (including phenoxy) is 3. The molecule has 0 saturated carbocycles. The van der Waals surface area contributed by atoms with Crippen molar-refractivity contribution in [2.75, 3.05) is 31.3 Å². The third-order valence-electron chi connectivity index (χ3n) is 5.04. The summed E-state index contributed by atoms with van der Waals surface area (Å²) in [4.78, 5) is 13.0. The molecule has 2 aromatic carbocycles. The van der Waals surface area contributed by atoms with Gasteiger partial charge in [0.25, 0.3) is 0 Å². The fourth-order valence-corrected chi connectivity index (χ4v) is 4.47. The second-order valence-corrected chi connectivity index (χ2v) is 9.97. The van der Waals surface area contributed by atoms with Crippen molar-refractivity contribution < 1.29 is 27.4 Å². The number of nitrogens with zero attached hydrogens (tertiary/aromatic N) is 1. The molecule has 1 N–H and O–H groups in total. The van der Waals surface area contributed by atoms with Crippen LogP contribution in [0.5, 0.6) is 17.2 Å². The largest absolute Gasteiger partial charge is 0.497 e. The van der Waals surface area contributed by atoms with Crippen molar-refractivity contribution in [3.63, 3.8) is 0 Å². The van der Waals surface area contributed by atoms with E-state index in [0.717, 1.165) is 16.1 Å².